The normalized spacial score (nSPS) is 14.6. The Labute approximate surface area is 199 Å². The summed E-state index contributed by atoms with van der Waals surface area (Å²) >= 11 is 0. The molecule has 10 nitrogen and oxygen atoms in total. The molecule has 1 fully saturated rings. The van der Waals surface area contributed by atoms with Gasteiger partial charge in [0.1, 0.15) is 5.82 Å². The first-order valence-electron chi connectivity index (χ1n) is 10.9. The quantitative estimate of drug-likeness (QED) is 0.551. The van der Waals surface area contributed by atoms with E-state index in [1.165, 1.54) is 11.2 Å². The smallest absolute Gasteiger partial charge is 0.243 e. The first-order chi connectivity index (χ1) is 16.2. The summed E-state index contributed by atoms with van der Waals surface area (Å²) < 4.78 is 27.9. The Bertz CT molecular complexity index is 1290. The van der Waals surface area contributed by atoms with Crippen LogP contribution in [0.15, 0.2) is 53.4 Å². The van der Waals surface area contributed by atoms with Crippen LogP contribution >= 0.6 is 0 Å². The molecule has 4 rings (SSSR count). The summed E-state index contributed by atoms with van der Waals surface area (Å²) in [6.45, 7) is 6.74. The average molecular weight is 482 g/mol. The van der Waals surface area contributed by atoms with Gasteiger partial charge in [-0.1, -0.05) is 6.07 Å². The SMILES string of the molecule is CC(=O)Nc1ccc(S(=O)(=O)N2CCN(c3ccc(Nc4cccc(C)n4)nn3)CC2)c(C)c1. The topological polar surface area (TPSA) is 120 Å². The fraction of sp³-hybridized carbons (Fsp3) is 0.304. The van der Waals surface area contributed by atoms with Gasteiger partial charge in [0.2, 0.25) is 15.9 Å². The second-order valence-electron chi connectivity index (χ2n) is 8.12. The van der Waals surface area contributed by atoms with Gasteiger partial charge in [0.05, 0.1) is 4.90 Å². The van der Waals surface area contributed by atoms with Crippen molar-refractivity contribution in [2.24, 2.45) is 0 Å². The molecule has 34 heavy (non-hydrogen) atoms. The second kappa shape index (κ2) is 9.74. The Morgan fingerprint density at radius 3 is 2.32 bits per heavy atom. The van der Waals surface area contributed by atoms with Crippen LogP contribution in [0, 0.1) is 13.8 Å². The van der Waals surface area contributed by atoms with Crippen molar-refractivity contribution < 1.29 is 13.2 Å². The molecule has 0 aliphatic carbocycles. The molecule has 2 N–H and O–H groups in total. The lowest BCUT2D eigenvalue weighted by Gasteiger charge is -2.34. The highest BCUT2D eigenvalue weighted by molar-refractivity contribution is 7.89. The van der Waals surface area contributed by atoms with Gasteiger partial charge in [0.15, 0.2) is 11.6 Å². The number of hydrogen-bond donors (Lipinski definition) is 2. The van der Waals surface area contributed by atoms with E-state index in [1.54, 1.807) is 25.1 Å². The summed E-state index contributed by atoms with van der Waals surface area (Å²) in [5, 5.41) is 14.3. The van der Waals surface area contributed by atoms with Crippen LogP contribution in [-0.2, 0) is 14.8 Å². The molecule has 0 bridgehead atoms. The Morgan fingerprint density at radius 1 is 0.941 bits per heavy atom. The van der Waals surface area contributed by atoms with Crippen molar-refractivity contribution in [2.75, 3.05) is 41.7 Å². The summed E-state index contributed by atoms with van der Waals surface area (Å²) in [5.74, 6) is 1.77. The van der Waals surface area contributed by atoms with Crippen LogP contribution in [0.1, 0.15) is 18.2 Å². The van der Waals surface area contributed by atoms with Crippen molar-refractivity contribution in [3.05, 3.63) is 59.8 Å². The molecule has 1 aliphatic heterocycles. The number of pyridine rings is 1. The number of nitrogens with zero attached hydrogens (tertiary/aromatic N) is 5. The maximum Gasteiger partial charge on any atom is 0.243 e. The molecule has 3 aromatic rings. The first kappa shape index (κ1) is 23.6. The van der Waals surface area contributed by atoms with Gasteiger partial charge in [-0.25, -0.2) is 13.4 Å². The lowest BCUT2D eigenvalue weighted by molar-refractivity contribution is -0.114. The molecule has 0 saturated carbocycles. The number of anilines is 4. The third-order valence-corrected chi connectivity index (χ3v) is 7.53. The van der Waals surface area contributed by atoms with Crippen LogP contribution in [0.25, 0.3) is 0 Å². The van der Waals surface area contributed by atoms with Crippen LogP contribution in [0.3, 0.4) is 0 Å². The van der Waals surface area contributed by atoms with Gasteiger partial charge in [-0.05, 0) is 61.9 Å². The van der Waals surface area contributed by atoms with Crippen LogP contribution in [0.4, 0.5) is 23.1 Å². The second-order valence-corrected chi connectivity index (χ2v) is 10.0. The third kappa shape index (κ3) is 5.32. The number of carbonyl (C=O) groups excluding carboxylic acids is 1. The van der Waals surface area contributed by atoms with E-state index >= 15 is 0 Å². The van der Waals surface area contributed by atoms with Gasteiger partial charge >= 0.3 is 0 Å². The van der Waals surface area contributed by atoms with E-state index in [0.717, 1.165) is 5.69 Å². The van der Waals surface area contributed by atoms with Crippen LogP contribution in [0.2, 0.25) is 0 Å². The van der Waals surface area contributed by atoms with E-state index in [1.807, 2.05) is 42.2 Å². The largest absolute Gasteiger partial charge is 0.352 e. The molecule has 3 heterocycles. The molecule has 1 aliphatic rings. The van der Waals surface area contributed by atoms with Crippen molar-refractivity contribution in [3.63, 3.8) is 0 Å². The van der Waals surface area contributed by atoms with Gasteiger partial charge in [-0.3, -0.25) is 4.79 Å². The lowest BCUT2D eigenvalue weighted by atomic mass is 10.2. The van der Waals surface area contributed by atoms with Gasteiger partial charge in [0.25, 0.3) is 0 Å². The molecule has 178 valence electrons. The Kier molecular flexibility index (Phi) is 6.75. The highest BCUT2D eigenvalue weighted by atomic mass is 32.2. The number of aryl methyl sites for hydroxylation is 2. The molecule has 0 unspecified atom stereocenters. The summed E-state index contributed by atoms with van der Waals surface area (Å²) in [4.78, 5) is 17.9. The average Bonchev–Trinajstić information content (AvgIpc) is 2.79. The molecular formula is C23H27N7O3S. The standard InChI is InChI=1S/C23H27N7O3S/c1-16-15-19(25-18(3)31)7-8-20(16)34(32,33)30-13-11-29(12-14-30)23-10-9-22(27-28-23)26-21-6-4-5-17(2)24-21/h4-10,15H,11-14H2,1-3H3,(H,25,31)(H,24,26,27). The number of hydrogen-bond acceptors (Lipinski definition) is 8. The van der Waals surface area contributed by atoms with Crippen molar-refractivity contribution in [3.8, 4) is 0 Å². The van der Waals surface area contributed by atoms with E-state index in [2.05, 4.69) is 25.8 Å². The third-order valence-electron chi connectivity index (χ3n) is 5.47. The van der Waals surface area contributed by atoms with Crippen molar-refractivity contribution >= 4 is 39.1 Å². The zero-order valence-corrected chi connectivity index (χ0v) is 20.1. The number of sulfonamides is 1. The predicted molar refractivity (Wildman–Crippen MR) is 131 cm³/mol. The monoisotopic (exact) mass is 481 g/mol. The number of amides is 1. The Morgan fingerprint density at radius 2 is 1.71 bits per heavy atom. The van der Waals surface area contributed by atoms with Gasteiger partial charge in [0, 0.05) is 44.5 Å². The lowest BCUT2D eigenvalue weighted by Crippen LogP contribution is -2.49. The van der Waals surface area contributed by atoms with Gasteiger partial charge in [-0.2, -0.15) is 4.31 Å². The van der Waals surface area contributed by atoms with E-state index < -0.39 is 10.0 Å². The molecule has 2 aromatic heterocycles. The fourth-order valence-corrected chi connectivity index (χ4v) is 5.45. The summed E-state index contributed by atoms with van der Waals surface area (Å²) in [6, 6.07) is 14.2. The molecule has 11 heteroatoms. The number of aromatic nitrogens is 3. The van der Waals surface area contributed by atoms with Crippen LogP contribution in [0.5, 0.6) is 0 Å². The summed E-state index contributed by atoms with van der Waals surface area (Å²) in [5.41, 5.74) is 2.07. The van der Waals surface area contributed by atoms with Crippen molar-refractivity contribution in [1.29, 1.82) is 0 Å². The highest BCUT2D eigenvalue weighted by Crippen LogP contribution is 2.25. The molecule has 1 saturated heterocycles. The zero-order valence-electron chi connectivity index (χ0n) is 19.3. The highest BCUT2D eigenvalue weighted by Gasteiger charge is 2.30. The zero-order chi connectivity index (χ0) is 24.3. The van der Waals surface area contributed by atoms with E-state index in [9.17, 15) is 13.2 Å². The number of rotatable bonds is 6. The Hall–Kier alpha value is -3.57. The van der Waals surface area contributed by atoms with E-state index in [0.29, 0.717) is 54.9 Å². The van der Waals surface area contributed by atoms with E-state index in [-0.39, 0.29) is 10.8 Å². The maximum absolute atomic E-state index is 13.2. The summed E-state index contributed by atoms with van der Waals surface area (Å²) in [6.07, 6.45) is 0. The van der Waals surface area contributed by atoms with Crippen LogP contribution < -0.4 is 15.5 Å². The molecule has 0 spiro atoms. The summed E-state index contributed by atoms with van der Waals surface area (Å²) in [7, 11) is -3.65. The minimum Gasteiger partial charge on any atom is -0.352 e. The minimum atomic E-state index is -3.65. The fourth-order valence-electron chi connectivity index (χ4n) is 3.82. The minimum absolute atomic E-state index is 0.204. The van der Waals surface area contributed by atoms with Crippen LogP contribution in [-0.4, -0.2) is 60.0 Å². The van der Waals surface area contributed by atoms with Gasteiger partial charge < -0.3 is 15.5 Å². The van der Waals surface area contributed by atoms with Crippen molar-refractivity contribution in [2.45, 2.75) is 25.7 Å². The number of benzene rings is 1. The molecule has 1 aromatic carbocycles. The molecule has 1 amide bonds. The van der Waals surface area contributed by atoms with E-state index in [4.69, 9.17) is 0 Å². The number of nitrogens with one attached hydrogen (secondary N) is 2. The Balaban J connectivity index is 1.39. The van der Waals surface area contributed by atoms with Gasteiger partial charge in [-0.15, -0.1) is 10.2 Å². The maximum atomic E-state index is 13.2. The van der Waals surface area contributed by atoms with Crippen molar-refractivity contribution in [1.82, 2.24) is 19.5 Å². The predicted octanol–water partition coefficient (Wildman–Crippen LogP) is 2.70. The number of carbonyl (C=O) groups is 1. The first-order valence-corrected chi connectivity index (χ1v) is 12.3. The molecular weight excluding hydrogens is 454 g/mol. The molecule has 0 radical (unpaired) electrons. The number of piperazine rings is 1. The molecule has 0 atom stereocenters.